The predicted octanol–water partition coefficient (Wildman–Crippen LogP) is 3.79. The van der Waals surface area contributed by atoms with Gasteiger partial charge in [-0.15, -0.1) is 0 Å². The maximum atomic E-state index is 6.23. The molecule has 1 aliphatic heterocycles. The molecule has 1 nitrogen and oxygen atoms in total. The van der Waals surface area contributed by atoms with E-state index in [-0.39, 0.29) is 0 Å². The molecule has 0 amide bonds. The van der Waals surface area contributed by atoms with Crippen molar-refractivity contribution in [3.8, 4) is 0 Å². The van der Waals surface area contributed by atoms with Crippen LogP contribution >= 0.6 is 11.6 Å². The van der Waals surface area contributed by atoms with Gasteiger partial charge in [-0.3, -0.25) is 0 Å². The fourth-order valence-corrected chi connectivity index (χ4v) is 2.25. The Morgan fingerprint density at radius 3 is 2.41 bits per heavy atom. The van der Waals surface area contributed by atoms with Crippen LogP contribution in [-0.4, -0.2) is 6.54 Å². The first kappa shape index (κ1) is 12.3. The molecule has 0 aromatic heterocycles. The Balaban J connectivity index is 2.13. The minimum absolute atomic E-state index is 0.841. The van der Waals surface area contributed by atoms with E-state index < -0.39 is 0 Å². The Labute approximate surface area is 108 Å². The van der Waals surface area contributed by atoms with Crippen LogP contribution in [-0.2, 0) is 12.8 Å². The Hall–Kier alpha value is -1.21. The minimum atomic E-state index is 0.841. The third-order valence-electron chi connectivity index (χ3n) is 3.05. The van der Waals surface area contributed by atoms with Crippen LogP contribution in [0.3, 0.4) is 0 Å². The topological polar surface area (TPSA) is 12.0 Å². The van der Waals surface area contributed by atoms with Gasteiger partial charge in [0.1, 0.15) is 0 Å². The molecule has 2 heteroatoms. The van der Waals surface area contributed by atoms with Crippen molar-refractivity contribution in [2.75, 3.05) is 6.54 Å². The molecule has 1 aromatic carbocycles. The largest absolute Gasteiger partial charge is 0.383 e. The summed E-state index contributed by atoms with van der Waals surface area (Å²) in [7, 11) is 0. The number of benzene rings is 1. The van der Waals surface area contributed by atoms with E-state index in [4.69, 9.17) is 11.6 Å². The molecule has 0 spiro atoms. The smallest absolute Gasteiger partial charge is 0.0598 e. The Morgan fingerprint density at radius 2 is 1.82 bits per heavy atom. The summed E-state index contributed by atoms with van der Waals surface area (Å²) in [6.07, 6.45) is 4.02. The summed E-state index contributed by atoms with van der Waals surface area (Å²) in [5.41, 5.74) is 5.08. The first-order valence-electron chi connectivity index (χ1n) is 6.06. The third-order valence-corrected chi connectivity index (χ3v) is 3.39. The van der Waals surface area contributed by atoms with E-state index in [9.17, 15) is 0 Å². The molecule has 0 saturated heterocycles. The molecule has 0 atom stereocenters. The molecule has 1 heterocycles. The first-order chi connectivity index (χ1) is 8.19. The molecule has 2 rings (SSSR count). The normalized spacial score (nSPS) is 15.6. The summed E-state index contributed by atoms with van der Waals surface area (Å²) in [5.74, 6) is 0. The quantitative estimate of drug-likeness (QED) is 0.857. The number of nitrogens with one attached hydrogen (secondary N) is 1. The van der Waals surface area contributed by atoms with Crippen molar-refractivity contribution in [1.29, 1.82) is 0 Å². The molecule has 0 radical (unpaired) electrons. The van der Waals surface area contributed by atoms with Crippen molar-refractivity contribution in [2.24, 2.45) is 0 Å². The first-order valence-corrected chi connectivity index (χ1v) is 6.44. The summed E-state index contributed by atoms with van der Waals surface area (Å²) in [4.78, 5) is 0. The number of halogens is 1. The van der Waals surface area contributed by atoms with Crippen molar-refractivity contribution < 1.29 is 0 Å². The lowest BCUT2D eigenvalue weighted by Crippen LogP contribution is -2.21. The van der Waals surface area contributed by atoms with Gasteiger partial charge in [-0.1, -0.05) is 48.4 Å². The van der Waals surface area contributed by atoms with Crippen LogP contribution in [0.25, 0.3) is 0 Å². The molecular formula is C15H18ClN. The summed E-state index contributed by atoms with van der Waals surface area (Å²) in [5, 5.41) is 4.22. The average molecular weight is 248 g/mol. The summed E-state index contributed by atoms with van der Waals surface area (Å²) < 4.78 is 0. The van der Waals surface area contributed by atoms with Gasteiger partial charge in [0.25, 0.3) is 0 Å². The van der Waals surface area contributed by atoms with Crippen LogP contribution in [0.4, 0.5) is 0 Å². The Bertz CT molecular complexity index is 454. The summed E-state index contributed by atoms with van der Waals surface area (Å²) in [6.45, 7) is 5.16. The van der Waals surface area contributed by atoms with E-state index in [0.717, 1.165) is 30.1 Å². The van der Waals surface area contributed by atoms with Gasteiger partial charge in [-0.05, 0) is 30.5 Å². The zero-order valence-electron chi connectivity index (χ0n) is 10.4. The lowest BCUT2D eigenvalue weighted by molar-refractivity contribution is 0.812. The van der Waals surface area contributed by atoms with Crippen LogP contribution in [0.15, 0.2) is 46.6 Å². The monoisotopic (exact) mass is 247 g/mol. The summed E-state index contributed by atoms with van der Waals surface area (Å²) in [6, 6.07) is 8.74. The average Bonchev–Trinajstić information content (AvgIpc) is 2.34. The molecule has 1 N–H and O–H groups in total. The number of aryl methyl sites for hydroxylation is 1. The maximum absolute atomic E-state index is 6.23. The second-order valence-electron chi connectivity index (χ2n) is 4.52. The third kappa shape index (κ3) is 3.13. The van der Waals surface area contributed by atoms with E-state index in [1.165, 1.54) is 16.7 Å². The van der Waals surface area contributed by atoms with E-state index in [0.29, 0.717) is 0 Å². The fraction of sp³-hybridized carbons (Fsp3) is 0.333. The van der Waals surface area contributed by atoms with Crippen LogP contribution in [0.1, 0.15) is 25.0 Å². The number of allylic oxidation sites excluding steroid dienone is 3. The minimum Gasteiger partial charge on any atom is -0.383 e. The molecule has 1 aliphatic rings. The molecule has 90 valence electrons. The Morgan fingerprint density at radius 1 is 1.18 bits per heavy atom. The highest BCUT2D eigenvalue weighted by Gasteiger charge is 2.09. The van der Waals surface area contributed by atoms with Gasteiger partial charge >= 0.3 is 0 Å². The Kier molecular flexibility index (Phi) is 3.90. The fourth-order valence-electron chi connectivity index (χ4n) is 1.93. The van der Waals surface area contributed by atoms with Crippen LogP contribution in [0.5, 0.6) is 0 Å². The number of hydrogen-bond donors (Lipinski definition) is 1. The molecule has 0 fully saturated rings. The zero-order valence-corrected chi connectivity index (χ0v) is 11.1. The standard InChI is InChI=1S/C15H18ClN/c1-3-12-4-6-13(7-5-12)9-15-14(16)8-11(2)10-17-15/h4-8,17H,3,9-10H2,1-2H3. The highest BCUT2D eigenvalue weighted by Crippen LogP contribution is 2.20. The van der Waals surface area contributed by atoms with E-state index in [2.05, 4.69) is 43.4 Å². The van der Waals surface area contributed by atoms with E-state index in [1.54, 1.807) is 0 Å². The van der Waals surface area contributed by atoms with Crippen molar-refractivity contribution in [3.05, 3.63) is 57.8 Å². The van der Waals surface area contributed by atoms with E-state index in [1.807, 2.05) is 6.08 Å². The SMILES string of the molecule is CCc1ccc(CC2=C(Cl)C=C(C)CN2)cc1. The molecule has 0 unspecified atom stereocenters. The molecule has 0 saturated carbocycles. The second-order valence-corrected chi connectivity index (χ2v) is 4.92. The molecule has 1 aromatic rings. The van der Waals surface area contributed by atoms with Crippen molar-refractivity contribution in [2.45, 2.75) is 26.7 Å². The number of hydrogen-bond acceptors (Lipinski definition) is 1. The van der Waals surface area contributed by atoms with Crippen LogP contribution in [0.2, 0.25) is 0 Å². The van der Waals surface area contributed by atoms with Crippen molar-refractivity contribution in [1.82, 2.24) is 5.32 Å². The molecule has 0 aliphatic carbocycles. The van der Waals surface area contributed by atoms with Crippen LogP contribution < -0.4 is 5.32 Å². The van der Waals surface area contributed by atoms with Crippen LogP contribution in [0, 0.1) is 0 Å². The van der Waals surface area contributed by atoms with Gasteiger partial charge in [-0.2, -0.15) is 0 Å². The van der Waals surface area contributed by atoms with Gasteiger partial charge in [0.2, 0.25) is 0 Å². The van der Waals surface area contributed by atoms with Gasteiger partial charge < -0.3 is 5.32 Å². The predicted molar refractivity (Wildman–Crippen MR) is 74.2 cm³/mol. The van der Waals surface area contributed by atoms with Gasteiger partial charge in [0.05, 0.1) is 5.03 Å². The second kappa shape index (κ2) is 5.42. The van der Waals surface area contributed by atoms with Gasteiger partial charge in [-0.25, -0.2) is 0 Å². The lowest BCUT2D eigenvalue weighted by atomic mass is 10.0. The molecule has 17 heavy (non-hydrogen) atoms. The van der Waals surface area contributed by atoms with Gasteiger partial charge in [0, 0.05) is 18.7 Å². The zero-order chi connectivity index (χ0) is 12.3. The van der Waals surface area contributed by atoms with Gasteiger partial charge in [0.15, 0.2) is 0 Å². The molecule has 0 bridgehead atoms. The van der Waals surface area contributed by atoms with E-state index >= 15 is 0 Å². The number of dihydropyridines is 1. The maximum Gasteiger partial charge on any atom is 0.0598 e. The van der Waals surface area contributed by atoms with Crippen molar-refractivity contribution >= 4 is 11.6 Å². The highest BCUT2D eigenvalue weighted by atomic mass is 35.5. The highest BCUT2D eigenvalue weighted by molar-refractivity contribution is 6.31. The number of rotatable bonds is 3. The lowest BCUT2D eigenvalue weighted by Gasteiger charge is -2.17. The van der Waals surface area contributed by atoms with Crippen molar-refractivity contribution in [3.63, 3.8) is 0 Å². The molecular weight excluding hydrogens is 230 g/mol. The summed E-state index contributed by atoms with van der Waals surface area (Å²) >= 11 is 6.23.